The lowest BCUT2D eigenvalue weighted by atomic mass is 9.82. The van der Waals surface area contributed by atoms with Crippen LogP contribution >= 0.6 is 22.9 Å². The maximum atomic E-state index is 11.5. The number of carbonyl (C=O) groups excluding carboxylic acids is 1. The summed E-state index contributed by atoms with van der Waals surface area (Å²) in [7, 11) is 1.35. The Morgan fingerprint density at radius 2 is 2.21 bits per heavy atom. The van der Waals surface area contributed by atoms with Gasteiger partial charge in [0.2, 0.25) is 0 Å². The molecule has 1 fully saturated rings. The predicted molar refractivity (Wildman–Crippen MR) is 78.3 cm³/mol. The largest absolute Gasteiger partial charge is 0.465 e. The highest BCUT2D eigenvalue weighted by Crippen LogP contribution is 2.41. The van der Waals surface area contributed by atoms with Crippen LogP contribution < -0.4 is 4.90 Å². The van der Waals surface area contributed by atoms with Gasteiger partial charge in [-0.05, 0) is 24.7 Å². The topological polar surface area (TPSA) is 42.4 Å². The van der Waals surface area contributed by atoms with Crippen LogP contribution in [0.2, 0.25) is 5.15 Å². The lowest BCUT2D eigenvalue weighted by Gasteiger charge is -2.26. The molecule has 1 aliphatic heterocycles. The second kappa shape index (κ2) is 5.67. The Morgan fingerprint density at radius 1 is 1.53 bits per heavy atom. The Labute approximate surface area is 122 Å². The van der Waals surface area contributed by atoms with Crippen molar-refractivity contribution in [1.29, 1.82) is 0 Å². The van der Waals surface area contributed by atoms with Gasteiger partial charge >= 0.3 is 5.97 Å². The highest BCUT2D eigenvalue weighted by atomic mass is 35.5. The Bertz CT molecular complexity index is 471. The smallest absolute Gasteiger partial charge is 0.351 e. The highest BCUT2D eigenvalue weighted by Gasteiger charge is 2.36. The molecule has 0 unspecified atom stereocenters. The van der Waals surface area contributed by atoms with E-state index in [9.17, 15) is 4.79 Å². The number of esters is 1. The predicted octanol–water partition coefficient (Wildman–Crippen LogP) is 3.60. The molecule has 19 heavy (non-hydrogen) atoms. The van der Waals surface area contributed by atoms with Crippen LogP contribution in [0.5, 0.6) is 0 Å². The van der Waals surface area contributed by atoms with Crippen LogP contribution in [-0.2, 0) is 4.74 Å². The number of carbonyl (C=O) groups is 1. The first-order valence-corrected chi connectivity index (χ1v) is 7.74. The lowest BCUT2D eigenvalue weighted by Crippen LogP contribution is -2.25. The third kappa shape index (κ3) is 2.72. The van der Waals surface area contributed by atoms with Gasteiger partial charge in [0.25, 0.3) is 0 Å². The first-order chi connectivity index (χ1) is 9.05. The molecule has 2 heterocycles. The Hall–Kier alpha value is -0.810. The van der Waals surface area contributed by atoms with Gasteiger partial charge in [0.05, 0.1) is 7.11 Å². The van der Waals surface area contributed by atoms with E-state index in [0.717, 1.165) is 18.2 Å². The van der Waals surface area contributed by atoms with E-state index >= 15 is 0 Å². The van der Waals surface area contributed by atoms with Crippen molar-refractivity contribution in [3.63, 3.8) is 0 Å². The van der Waals surface area contributed by atoms with Gasteiger partial charge in [0.1, 0.15) is 0 Å². The zero-order valence-corrected chi connectivity index (χ0v) is 13.1. The highest BCUT2D eigenvalue weighted by molar-refractivity contribution is 7.18. The number of hydrogen-bond donors (Lipinski definition) is 0. The van der Waals surface area contributed by atoms with Gasteiger partial charge in [-0.25, -0.2) is 9.78 Å². The van der Waals surface area contributed by atoms with Crippen LogP contribution in [-0.4, -0.2) is 31.2 Å². The summed E-state index contributed by atoms with van der Waals surface area (Å²) in [6, 6.07) is 0. The number of halogens is 1. The number of ether oxygens (including phenoxy) is 1. The van der Waals surface area contributed by atoms with E-state index in [0.29, 0.717) is 10.3 Å². The molecule has 4 nitrogen and oxygen atoms in total. The van der Waals surface area contributed by atoms with E-state index < -0.39 is 5.97 Å². The summed E-state index contributed by atoms with van der Waals surface area (Å²) < 4.78 is 4.70. The summed E-state index contributed by atoms with van der Waals surface area (Å²) in [5.41, 5.74) is 0.379. The molecule has 0 amide bonds. The van der Waals surface area contributed by atoms with Gasteiger partial charge in [-0.15, -0.1) is 0 Å². The average molecular weight is 303 g/mol. The van der Waals surface area contributed by atoms with Crippen molar-refractivity contribution in [1.82, 2.24) is 4.98 Å². The van der Waals surface area contributed by atoms with Crippen LogP contribution in [0.3, 0.4) is 0 Å². The molecule has 1 aromatic rings. The quantitative estimate of drug-likeness (QED) is 0.797. The van der Waals surface area contributed by atoms with Gasteiger partial charge in [-0.3, -0.25) is 0 Å². The van der Waals surface area contributed by atoms with Crippen molar-refractivity contribution >= 4 is 34.0 Å². The van der Waals surface area contributed by atoms with Crippen molar-refractivity contribution in [2.24, 2.45) is 5.41 Å². The summed E-state index contributed by atoms with van der Waals surface area (Å²) in [5.74, 6) is -0.412. The Balaban J connectivity index is 2.18. The molecule has 0 bridgehead atoms. The molecule has 6 heteroatoms. The van der Waals surface area contributed by atoms with Crippen molar-refractivity contribution in [2.45, 2.75) is 33.1 Å². The molecule has 2 rings (SSSR count). The van der Waals surface area contributed by atoms with Gasteiger partial charge < -0.3 is 9.64 Å². The molecular formula is C13H19ClN2O2S. The Morgan fingerprint density at radius 3 is 2.74 bits per heavy atom. The fourth-order valence-corrected chi connectivity index (χ4v) is 3.79. The first-order valence-electron chi connectivity index (χ1n) is 6.55. The number of nitrogens with zero attached hydrogens (tertiary/aromatic N) is 2. The minimum absolute atomic E-state index is 0.248. The monoisotopic (exact) mass is 302 g/mol. The van der Waals surface area contributed by atoms with E-state index in [2.05, 4.69) is 23.7 Å². The maximum Gasteiger partial charge on any atom is 0.351 e. The van der Waals surface area contributed by atoms with Crippen molar-refractivity contribution in [2.75, 3.05) is 25.1 Å². The number of rotatable bonds is 4. The maximum absolute atomic E-state index is 11.5. The molecule has 1 aromatic heterocycles. The van der Waals surface area contributed by atoms with Gasteiger partial charge in [-0.1, -0.05) is 36.8 Å². The lowest BCUT2D eigenvalue weighted by molar-refractivity contribution is 0.0606. The summed E-state index contributed by atoms with van der Waals surface area (Å²) >= 11 is 7.33. The van der Waals surface area contributed by atoms with Crippen LogP contribution in [0.25, 0.3) is 0 Å². The third-order valence-corrected chi connectivity index (χ3v) is 5.64. The molecule has 0 spiro atoms. The van der Waals surface area contributed by atoms with E-state index in [1.54, 1.807) is 0 Å². The molecule has 1 saturated heterocycles. The summed E-state index contributed by atoms with van der Waals surface area (Å²) in [6.45, 7) is 6.44. The third-order valence-electron chi connectivity index (χ3n) is 4.15. The molecular weight excluding hydrogens is 284 g/mol. The number of hydrogen-bond acceptors (Lipinski definition) is 5. The molecule has 0 aliphatic carbocycles. The Kier molecular flexibility index (Phi) is 4.36. The first kappa shape index (κ1) is 14.6. The number of aromatic nitrogens is 1. The summed E-state index contributed by atoms with van der Waals surface area (Å²) in [6.07, 6.45) is 3.51. The fourth-order valence-electron chi connectivity index (χ4n) is 2.57. The fraction of sp³-hybridized carbons (Fsp3) is 0.692. The molecule has 0 atom stereocenters. The van der Waals surface area contributed by atoms with E-state index in [4.69, 9.17) is 16.3 Å². The van der Waals surface area contributed by atoms with Crippen molar-refractivity contribution < 1.29 is 9.53 Å². The van der Waals surface area contributed by atoms with E-state index in [-0.39, 0.29) is 5.15 Å². The molecule has 0 N–H and O–H groups in total. The van der Waals surface area contributed by atoms with Crippen LogP contribution in [0, 0.1) is 5.41 Å². The second-order valence-electron chi connectivity index (χ2n) is 4.99. The van der Waals surface area contributed by atoms with Crippen LogP contribution in [0.1, 0.15) is 42.8 Å². The van der Waals surface area contributed by atoms with Gasteiger partial charge in [-0.2, -0.15) is 0 Å². The van der Waals surface area contributed by atoms with Crippen LogP contribution in [0.15, 0.2) is 0 Å². The van der Waals surface area contributed by atoms with Crippen molar-refractivity contribution in [3.05, 3.63) is 10.0 Å². The molecule has 0 radical (unpaired) electrons. The number of thiazole rings is 1. The second-order valence-corrected chi connectivity index (χ2v) is 6.32. The molecule has 106 valence electrons. The van der Waals surface area contributed by atoms with Crippen molar-refractivity contribution in [3.8, 4) is 0 Å². The number of methoxy groups -OCH3 is 1. The summed E-state index contributed by atoms with van der Waals surface area (Å²) in [4.78, 5) is 18.5. The zero-order chi connectivity index (χ0) is 14.0. The van der Waals surface area contributed by atoms with Gasteiger partial charge in [0, 0.05) is 13.1 Å². The van der Waals surface area contributed by atoms with Gasteiger partial charge in [0.15, 0.2) is 15.2 Å². The molecule has 0 saturated carbocycles. The summed E-state index contributed by atoms with van der Waals surface area (Å²) in [5, 5.41) is 1.08. The SMILES string of the molecule is CCC1(CC)CCN(c2nc(Cl)c(C(=O)OC)s2)C1. The molecule has 1 aliphatic rings. The normalized spacial score (nSPS) is 17.8. The zero-order valence-electron chi connectivity index (χ0n) is 11.5. The standard InChI is InChI=1S/C13H19ClN2O2S/c1-4-13(5-2)6-7-16(8-13)12-15-10(14)9(19-12)11(17)18-3/h4-8H2,1-3H3. The minimum atomic E-state index is -0.412. The minimum Gasteiger partial charge on any atom is -0.465 e. The van der Waals surface area contributed by atoms with E-state index in [1.165, 1.54) is 37.7 Å². The molecule has 0 aromatic carbocycles. The number of anilines is 1. The van der Waals surface area contributed by atoms with E-state index in [1.807, 2.05) is 0 Å². The van der Waals surface area contributed by atoms with Crippen LogP contribution in [0.4, 0.5) is 5.13 Å². The average Bonchev–Trinajstić information content (AvgIpc) is 3.02.